The second-order valence-electron chi connectivity index (χ2n) is 4.86. The van der Waals surface area contributed by atoms with Crippen molar-refractivity contribution in [3.63, 3.8) is 0 Å². The van der Waals surface area contributed by atoms with Crippen molar-refractivity contribution >= 4 is 16.0 Å². The number of aromatic nitrogens is 2. The van der Waals surface area contributed by atoms with Crippen molar-refractivity contribution in [3.8, 4) is 0 Å². The Bertz CT molecular complexity index is 590. The number of carbonyl (C=O) groups is 1. The number of H-pyrrole nitrogens is 1. The number of carboxylic acids is 1. The van der Waals surface area contributed by atoms with Crippen molar-refractivity contribution in [2.45, 2.75) is 37.3 Å². The van der Waals surface area contributed by atoms with Crippen LogP contribution in [0.15, 0.2) is 11.2 Å². The second-order valence-corrected chi connectivity index (χ2v) is 6.76. The number of sulfonamides is 1. The summed E-state index contributed by atoms with van der Waals surface area (Å²) in [4.78, 5) is 17.2. The van der Waals surface area contributed by atoms with E-state index in [4.69, 9.17) is 9.84 Å². The lowest BCUT2D eigenvalue weighted by atomic mass is 10.1. The van der Waals surface area contributed by atoms with Gasteiger partial charge in [-0.2, -0.15) is 4.31 Å². The van der Waals surface area contributed by atoms with Gasteiger partial charge in [-0.1, -0.05) is 6.92 Å². The van der Waals surface area contributed by atoms with E-state index in [1.165, 1.54) is 10.5 Å². The molecule has 0 unspecified atom stereocenters. The predicted octanol–water partition coefficient (Wildman–Crippen LogP) is 0.226. The lowest BCUT2D eigenvalue weighted by Gasteiger charge is -2.30. The highest BCUT2D eigenvalue weighted by molar-refractivity contribution is 7.89. The van der Waals surface area contributed by atoms with Crippen LogP contribution in [-0.4, -0.2) is 59.6 Å². The number of hydrogen-bond acceptors (Lipinski definition) is 5. The zero-order chi connectivity index (χ0) is 15.5. The lowest BCUT2D eigenvalue weighted by molar-refractivity contribution is -0.145. The maximum atomic E-state index is 12.4. The van der Waals surface area contributed by atoms with Gasteiger partial charge in [0.05, 0.1) is 12.3 Å². The number of aromatic amines is 1. The van der Waals surface area contributed by atoms with Crippen LogP contribution < -0.4 is 0 Å². The van der Waals surface area contributed by atoms with Crippen LogP contribution in [0.4, 0.5) is 0 Å². The predicted molar refractivity (Wildman–Crippen MR) is 73.3 cm³/mol. The first kappa shape index (κ1) is 15.9. The SMILES string of the molecule is CCc1ncc(S(=O)(=O)N2CCC(OCC(=O)O)CC2)[nH]1. The lowest BCUT2D eigenvalue weighted by Crippen LogP contribution is -2.41. The van der Waals surface area contributed by atoms with E-state index in [-0.39, 0.29) is 17.7 Å². The monoisotopic (exact) mass is 317 g/mol. The minimum Gasteiger partial charge on any atom is -0.480 e. The third-order valence-electron chi connectivity index (χ3n) is 3.40. The van der Waals surface area contributed by atoms with Gasteiger partial charge >= 0.3 is 5.97 Å². The Morgan fingerprint density at radius 1 is 1.52 bits per heavy atom. The number of hydrogen-bond donors (Lipinski definition) is 2. The smallest absolute Gasteiger partial charge is 0.329 e. The van der Waals surface area contributed by atoms with Crippen LogP contribution >= 0.6 is 0 Å². The number of ether oxygens (including phenoxy) is 1. The van der Waals surface area contributed by atoms with Crippen LogP contribution in [0.25, 0.3) is 0 Å². The maximum Gasteiger partial charge on any atom is 0.329 e. The van der Waals surface area contributed by atoms with Crippen molar-refractivity contribution in [3.05, 3.63) is 12.0 Å². The zero-order valence-corrected chi connectivity index (χ0v) is 12.6. The molecule has 0 amide bonds. The Morgan fingerprint density at radius 2 is 2.19 bits per heavy atom. The summed E-state index contributed by atoms with van der Waals surface area (Å²) in [6.45, 7) is 2.17. The first-order valence-electron chi connectivity index (χ1n) is 6.81. The largest absolute Gasteiger partial charge is 0.480 e. The van der Waals surface area contributed by atoms with Crippen LogP contribution in [0.5, 0.6) is 0 Å². The molecule has 0 aliphatic carbocycles. The zero-order valence-electron chi connectivity index (χ0n) is 11.8. The van der Waals surface area contributed by atoms with Crippen LogP contribution in [0, 0.1) is 0 Å². The summed E-state index contributed by atoms with van der Waals surface area (Å²) in [6, 6.07) is 0. The Hall–Kier alpha value is -1.45. The molecule has 0 radical (unpaired) electrons. The number of nitrogens with zero attached hydrogens (tertiary/aromatic N) is 2. The molecule has 1 aromatic rings. The first-order chi connectivity index (χ1) is 9.93. The average molecular weight is 317 g/mol. The number of rotatable bonds is 6. The first-order valence-corrected chi connectivity index (χ1v) is 8.25. The molecule has 0 bridgehead atoms. The van der Waals surface area contributed by atoms with Gasteiger partial charge < -0.3 is 14.8 Å². The molecule has 1 aromatic heterocycles. The molecule has 1 fully saturated rings. The standard InChI is InChI=1S/C12H19N3O5S/c1-2-10-13-7-11(14-10)21(18,19)15-5-3-9(4-6-15)20-8-12(16)17/h7,9H,2-6,8H2,1H3,(H,13,14)(H,16,17). The third-order valence-corrected chi connectivity index (χ3v) is 5.21. The van der Waals surface area contributed by atoms with Crippen molar-refractivity contribution in [2.75, 3.05) is 19.7 Å². The van der Waals surface area contributed by atoms with Crippen molar-refractivity contribution in [1.29, 1.82) is 0 Å². The summed E-state index contributed by atoms with van der Waals surface area (Å²) in [5.41, 5.74) is 0. The minimum atomic E-state index is -3.56. The van der Waals surface area contributed by atoms with Gasteiger partial charge in [0.15, 0.2) is 5.03 Å². The van der Waals surface area contributed by atoms with E-state index in [0.29, 0.717) is 38.2 Å². The fourth-order valence-corrected chi connectivity index (χ4v) is 3.62. The molecule has 2 heterocycles. The fraction of sp³-hybridized carbons (Fsp3) is 0.667. The van der Waals surface area contributed by atoms with E-state index in [2.05, 4.69) is 9.97 Å². The third kappa shape index (κ3) is 3.80. The van der Waals surface area contributed by atoms with E-state index < -0.39 is 16.0 Å². The quantitative estimate of drug-likeness (QED) is 0.776. The number of carboxylic acid groups (broad SMARTS) is 1. The number of aliphatic carboxylic acids is 1. The van der Waals surface area contributed by atoms with E-state index >= 15 is 0 Å². The van der Waals surface area contributed by atoms with Gasteiger partial charge in [-0.25, -0.2) is 18.2 Å². The van der Waals surface area contributed by atoms with E-state index in [1.54, 1.807) is 0 Å². The molecule has 1 saturated heterocycles. The molecule has 1 aliphatic rings. The summed E-state index contributed by atoms with van der Waals surface area (Å²) in [5, 5.41) is 8.66. The fourth-order valence-electron chi connectivity index (χ4n) is 2.22. The second kappa shape index (κ2) is 6.54. The summed E-state index contributed by atoms with van der Waals surface area (Å²) in [5.74, 6) is -0.386. The highest BCUT2D eigenvalue weighted by Gasteiger charge is 2.31. The van der Waals surface area contributed by atoms with E-state index in [9.17, 15) is 13.2 Å². The molecule has 8 nitrogen and oxygen atoms in total. The minimum absolute atomic E-state index is 0.101. The molecule has 21 heavy (non-hydrogen) atoms. The molecule has 0 atom stereocenters. The van der Waals surface area contributed by atoms with Crippen LogP contribution in [0.2, 0.25) is 0 Å². The van der Waals surface area contributed by atoms with E-state index in [0.717, 1.165) is 0 Å². The van der Waals surface area contributed by atoms with Crippen LogP contribution in [0.1, 0.15) is 25.6 Å². The summed E-state index contributed by atoms with van der Waals surface area (Å²) in [6.07, 6.45) is 2.74. The van der Waals surface area contributed by atoms with Crippen molar-refractivity contribution in [1.82, 2.24) is 14.3 Å². The Morgan fingerprint density at radius 3 is 2.71 bits per heavy atom. The van der Waals surface area contributed by atoms with Gasteiger partial charge in [-0.15, -0.1) is 0 Å². The van der Waals surface area contributed by atoms with E-state index in [1.807, 2.05) is 6.92 Å². The number of piperidine rings is 1. The molecule has 0 spiro atoms. The molecule has 9 heteroatoms. The molecule has 2 rings (SSSR count). The summed E-state index contributed by atoms with van der Waals surface area (Å²) in [7, 11) is -3.56. The number of aryl methyl sites for hydroxylation is 1. The van der Waals surface area contributed by atoms with Crippen LogP contribution in [-0.2, 0) is 26.0 Å². The molecule has 2 N–H and O–H groups in total. The average Bonchev–Trinajstić information content (AvgIpc) is 2.95. The highest BCUT2D eigenvalue weighted by Crippen LogP contribution is 2.21. The molecule has 0 aromatic carbocycles. The van der Waals surface area contributed by atoms with Crippen molar-refractivity contribution < 1.29 is 23.1 Å². The molecule has 118 valence electrons. The number of nitrogens with one attached hydrogen (secondary N) is 1. The van der Waals surface area contributed by atoms with Crippen molar-refractivity contribution in [2.24, 2.45) is 0 Å². The summed E-state index contributed by atoms with van der Waals surface area (Å²) >= 11 is 0. The van der Waals surface area contributed by atoms with Gasteiger partial charge in [-0.05, 0) is 12.8 Å². The highest BCUT2D eigenvalue weighted by atomic mass is 32.2. The molecular weight excluding hydrogens is 298 g/mol. The van der Waals surface area contributed by atoms with Gasteiger partial charge in [0.25, 0.3) is 10.0 Å². The van der Waals surface area contributed by atoms with Crippen LogP contribution in [0.3, 0.4) is 0 Å². The maximum absolute atomic E-state index is 12.4. The van der Waals surface area contributed by atoms with Gasteiger partial charge in [-0.3, -0.25) is 0 Å². The Kier molecular flexibility index (Phi) is 4.96. The topological polar surface area (TPSA) is 113 Å². The summed E-state index contributed by atoms with van der Waals surface area (Å²) < 4.78 is 31.4. The van der Waals surface area contributed by atoms with Gasteiger partial charge in [0, 0.05) is 19.5 Å². The molecule has 1 aliphatic heterocycles. The Balaban J connectivity index is 1.96. The van der Waals surface area contributed by atoms with Gasteiger partial charge in [0.2, 0.25) is 0 Å². The number of imidazole rings is 1. The molecular formula is C12H19N3O5S. The Labute approximate surface area is 123 Å². The van der Waals surface area contributed by atoms with Gasteiger partial charge in [0.1, 0.15) is 12.4 Å². The molecule has 0 saturated carbocycles. The normalized spacial score (nSPS) is 18.0.